The van der Waals surface area contributed by atoms with Crippen LogP contribution in [0.5, 0.6) is 0 Å². The van der Waals surface area contributed by atoms with E-state index in [0.717, 1.165) is 13.1 Å². The van der Waals surface area contributed by atoms with Gasteiger partial charge in [0.15, 0.2) is 0 Å². The zero-order valence-corrected chi connectivity index (χ0v) is 14.2. The first kappa shape index (κ1) is 14.9. The highest BCUT2D eigenvalue weighted by atomic mass is 15.3. The number of rotatable bonds is 3. The highest BCUT2D eigenvalue weighted by molar-refractivity contribution is 5.31. The van der Waals surface area contributed by atoms with Gasteiger partial charge in [0.1, 0.15) is 0 Å². The van der Waals surface area contributed by atoms with Gasteiger partial charge in [-0.1, -0.05) is 30.3 Å². The molecule has 0 N–H and O–H groups in total. The van der Waals surface area contributed by atoms with Crippen LogP contribution < -0.4 is 0 Å². The predicted octanol–water partition coefficient (Wildman–Crippen LogP) is 2.27. The van der Waals surface area contributed by atoms with Crippen molar-refractivity contribution in [3.63, 3.8) is 0 Å². The Hall–Kier alpha value is -1.65. The van der Waals surface area contributed by atoms with Crippen molar-refractivity contribution in [1.29, 1.82) is 0 Å². The minimum absolute atomic E-state index is 0.349. The van der Waals surface area contributed by atoms with Gasteiger partial charge in [-0.2, -0.15) is 5.10 Å². The summed E-state index contributed by atoms with van der Waals surface area (Å²) in [6.07, 6.45) is 6.68. The molecule has 122 valence electrons. The standard InChI is InChI=1S/C19H26N4/c1-21-10-8-19(17-6-4-3-5-7-17)9-11-23(15-18(19)21)14-16-12-20-22(2)13-16/h3-7,12-13,18H,8-11,14-15H2,1-2H3/t18-,19+/m0/s1. The number of nitrogens with zero attached hydrogens (tertiary/aromatic N) is 4. The molecule has 0 saturated carbocycles. The molecule has 4 rings (SSSR count). The van der Waals surface area contributed by atoms with Gasteiger partial charge in [-0.15, -0.1) is 0 Å². The number of aromatic nitrogens is 2. The molecule has 2 fully saturated rings. The van der Waals surface area contributed by atoms with Crippen molar-refractivity contribution in [2.24, 2.45) is 7.05 Å². The molecule has 2 aliphatic rings. The van der Waals surface area contributed by atoms with E-state index in [1.165, 1.54) is 37.1 Å². The van der Waals surface area contributed by atoms with Gasteiger partial charge in [0.25, 0.3) is 0 Å². The summed E-state index contributed by atoms with van der Waals surface area (Å²) in [4.78, 5) is 5.17. The zero-order valence-electron chi connectivity index (χ0n) is 14.2. The van der Waals surface area contributed by atoms with Crippen LogP contribution in [-0.4, -0.2) is 52.3 Å². The summed E-state index contributed by atoms with van der Waals surface area (Å²) in [5, 5.41) is 4.30. The van der Waals surface area contributed by atoms with Crippen LogP contribution in [0, 0.1) is 0 Å². The van der Waals surface area contributed by atoms with Crippen LogP contribution in [0.15, 0.2) is 42.7 Å². The summed E-state index contributed by atoms with van der Waals surface area (Å²) in [6, 6.07) is 11.8. The minimum Gasteiger partial charge on any atom is -0.301 e. The van der Waals surface area contributed by atoms with E-state index in [9.17, 15) is 0 Å². The quantitative estimate of drug-likeness (QED) is 0.869. The lowest BCUT2D eigenvalue weighted by Crippen LogP contribution is -2.54. The number of likely N-dealkylation sites (tertiary alicyclic amines) is 2. The summed E-state index contributed by atoms with van der Waals surface area (Å²) in [7, 11) is 4.29. The van der Waals surface area contributed by atoms with Gasteiger partial charge >= 0.3 is 0 Å². The fourth-order valence-electron chi connectivity index (χ4n) is 4.63. The normalized spacial score (nSPS) is 28.9. The van der Waals surface area contributed by atoms with Gasteiger partial charge in [-0.05, 0) is 38.5 Å². The Morgan fingerprint density at radius 3 is 2.65 bits per heavy atom. The molecule has 0 spiro atoms. The van der Waals surface area contributed by atoms with Crippen LogP contribution in [0.2, 0.25) is 0 Å². The molecule has 0 unspecified atom stereocenters. The number of likely N-dealkylation sites (N-methyl/N-ethyl adjacent to an activating group) is 1. The van der Waals surface area contributed by atoms with Crippen LogP contribution in [0.1, 0.15) is 24.0 Å². The molecule has 2 aliphatic heterocycles. The van der Waals surface area contributed by atoms with Crippen LogP contribution in [0.25, 0.3) is 0 Å². The van der Waals surface area contributed by atoms with Crippen LogP contribution in [-0.2, 0) is 19.0 Å². The Labute approximate surface area is 138 Å². The Bertz CT molecular complexity index is 665. The van der Waals surface area contributed by atoms with E-state index < -0.39 is 0 Å². The second-order valence-corrected chi connectivity index (χ2v) is 7.28. The van der Waals surface area contributed by atoms with Gasteiger partial charge in [0, 0.05) is 43.4 Å². The smallest absolute Gasteiger partial charge is 0.0534 e. The molecule has 1 aromatic heterocycles. The molecular weight excluding hydrogens is 284 g/mol. The van der Waals surface area contributed by atoms with E-state index >= 15 is 0 Å². The maximum atomic E-state index is 4.30. The molecule has 2 aromatic rings. The monoisotopic (exact) mass is 310 g/mol. The number of piperidine rings is 1. The molecule has 0 bridgehead atoms. The van der Waals surface area contributed by atoms with E-state index in [1.54, 1.807) is 0 Å². The molecule has 4 heteroatoms. The van der Waals surface area contributed by atoms with Crippen molar-refractivity contribution < 1.29 is 0 Å². The first-order chi connectivity index (χ1) is 11.2. The third-order valence-electron chi connectivity index (χ3n) is 5.90. The fraction of sp³-hybridized carbons (Fsp3) is 0.526. The summed E-state index contributed by atoms with van der Waals surface area (Å²) in [6.45, 7) is 4.55. The van der Waals surface area contributed by atoms with Crippen molar-refractivity contribution in [3.8, 4) is 0 Å². The van der Waals surface area contributed by atoms with Crippen LogP contribution in [0.4, 0.5) is 0 Å². The topological polar surface area (TPSA) is 24.3 Å². The second-order valence-electron chi connectivity index (χ2n) is 7.28. The van der Waals surface area contributed by atoms with Gasteiger partial charge in [-0.25, -0.2) is 0 Å². The molecule has 4 nitrogen and oxygen atoms in total. The summed E-state index contributed by atoms with van der Waals surface area (Å²) >= 11 is 0. The second kappa shape index (κ2) is 5.77. The Morgan fingerprint density at radius 1 is 1.13 bits per heavy atom. The SMILES string of the molecule is CN1CC[C@]2(c3ccccc3)CCN(Cc3cnn(C)c3)C[C@H]12. The minimum atomic E-state index is 0.349. The first-order valence-electron chi connectivity index (χ1n) is 8.63. The summed E-state index contributed by atoms with van der Waals surface area (Å²) < 4.78 is 1.90. The highest BCUT2D eigenvalue weighted by Gasteiger charge is 2.49. The van der Waals surface area contributed by atoms with Crippen molar-refractivity contribution in [3.05, 3.63) is 53.9 Å². The van der Waals surface area contributed by atoms with E-state index in [4.69, 9.17) is 0 Å². The number of aryl methyl sites for hydroxylation is 1. The van der Waals surface area contributed by atoms with Crippen molar-refractivity contribution >= 4 is 0 Å². The van der Waals surface area contributed by atoms with E-state index in [0.29, 0.717) is 11.5 Å². The van der Waals surface area contributed by atoms with Crippen molar-refractivity contribution in [2.45, 2.75) is 30.8 Å². The highest BCUT2D eigenvalue weighted by Crippen LogP contribution is 2.45. The number of hydrogen-bond donors (Lipinski definition) is 0. The first-order valence-corrected chi connectivity index (χ1v) is 8.63. The largest absolute Gasteiger partial charge is 0.301 e. The zero-order chi connectivity index (χ0) is 15.9. The molecule has 2 atom stereocenters. The maximum absolute atomic E-state index is 4.30. The Kier molecular flexibility index (Phi) is 3.74. The van der Waals surface area contributed by atoms with Gasteiger partial charge in [0.05, 0.1) is 6.20 Å². The molecule has 0 amide bonds. The Morgan fingerprint density at radius 2 is 1.91 bits per heavy atom. The molecule has 0 aliphatic carbocycles. The lowest BCUT2D eigenvalue weighted by Gasteiger charge is -2.46. The molecule has 23 heavy (non-hydrogen) atoms. The van der Waals surface area contributed by atoms with Gasteiger partial charge < -0.3 is 4.90 Å². The summed E-state index contributed by atoms with van der Waals surface area (Å²) in [5.41, 5.74) is 3.21. The number of benzene rings is 1. The molecular formula is C19H26N4. The van der Waals surface area contributed by atoms with Crippen LogP contribution in [0.3, 0.4) is 0 Å². The van der Waals surface area contributed by atoms with E-state index in [-0.39, 0.29) is 0 Å². The van der Waals surface area contributed by atoms with Crippen molar-refractivity contribution in [1.82, 2.24) is 19.6 Å². The van der Waals surface area contributed by atoms with Gasteiger partial charge in [-0.3, -0.25) is 9.58 Å². The van der Waals surface area contributed by atoms with E-state index in [2.05, 4.69) is 58.5 Å². The van der Waals surface area contributed by atoms with E-state index in [1.807, 2.05) is 17.9 Å². The lowest BCUT2D eigenvalue weighted by molar-refractivity contribution is 0.0917. The third kappa shape index (κ3) is 2.60. The lowest BCUT2D eigenvalue weighted by atomic mass is 9.69. The average molecular weight is 310 g/mol. The van der Waals surface area contributed by atoms with Crippen molar-refractivity contribution in [2.75, 3.05) is 26.7 Å². The molecule has 0 radical (unpaired) electrons. The predicted molar refractivity (Wildman–Crippen MR) is 92.3 cm³/mol. The third-order valence-corrected chi connectivity index (χ3v) is 5.90. The number of hydrogen-bond acceptors (Lipinski definition) is 3. The van der Waals surface area contributed by atoms with Crippen LogP contribution >= 0.6 is 0 Å². The molecule has 1 aromatic carbocycles. The fourth-order valence-corrected chi connectivity index (χ4v) is 4.63. The maximum Gasteiger partial charge on any atom is 0.0534 e. The Balaban J connectivity index is 1.55. The molecule has 3 heterocycles. The summed E-state index contributed by atoms with van der Waals surface area (Å²) in [5.74, 6) is 0. The molecule has 2 saturated heterocycles. The number of fused-ring (bicyclic) bond motifs is 1. The average Bonchev–Trinajstić information content (AvgIpc) is 3.13. The van der Waals surface area contributed by atoms with Gasteiger partial charge in [0.2, 0.25) is 0 Å².